The van der Waals surface area contributed by atoms with E-state index in [0.717, 1.165) is 11.6 Å². The van der Waals surface area contributed by atoms with Crippen LogP contribution >= 0.6 is 11.3 Å². The average Bonchev–Trinajstić information content (AvgIpc) is 2.58. The number of rotatable bonds is 5. The fourth-order valence-electron chi connectivity index (χ4n) is 0.965. The molecule has 0 fully saturated rings. The van der Waals surface area contributed by atoms with Crippen LogP contribution < -0.4 is 11.1 Å². The van der Waals surface area contributed by atoms with Crippen LogP contribution in [0.2, 0.25) is 0 Å². The number of aromatic nitrogens is 1. The van der Waals surface area contributed by atoms with Crippen molar-refractivity contribution in [1.29, 1.82) is 0 Å². The molecule has 1 aromatic rings. The van der Waals surface area contributed by atoms with Crippen molar-refractivity contribution in [3.8, 4) is 0 Å². The summed E-state index contributed by atoms with van der Waals surface area (Å²) in [4.78, 5) is 5.33. The molecule has 14 heavy (non-hydrogen) atoms. The molecule has 0 spiro atoms. The molecule has 0 saturated heterocycles. The van der Waals surface area contributed by atoms with E-state index in [1.165, 1.54) is 4.88 Å². The van der Waals surface area contributed by atoms with Crippen LogP contribution in [0.1, 0.15) is 16.3 Å². The third-order valence-electron chi connectivity index (χ3n) is 1.65. The lowest BCUT2D eigenvalue weighted by atomic mass is 10.4. The predicted molar refractivity (Wildman–Crippen MR) is 56.6 cm³/mol. The molecule has 0 unspecified atom stereocenters. The van der Waals surface area contributed by atoms with Gasteiger partial charge in [-0.05, 0) is 6.92 Å². The molecule has 0 aromatic carbocycles. The Morgan fingerprint density at radius 2 is 2.57 bits per heavy atom. The summed E-state index contributed by atoms with van der Waals surface area (Å²) in [6.45, 7) is 3.46. The standard InChI is InChI=1S/C8H14N4OS/c1-6-11-5-7(14-6)4-10-3-2-8(9)12-13/h5,10,13H,2-4H2,1H3,(H2,9,12). The maximum atomic E-state index is 8.28. The summed E-state index contributed by atoms with van der Waals surface area (Å²) in [6.07, 6.45) is 2.41. The van der Waals surface area contributed by atoms with Crippen molar-refractivity contribution < 1.29 is 5.21 Å². The molecule has 1 rings (SSSR count). The van der Waals surface area contributed by atoms with Crippen LogP contribution in [0.3, 0.4) is 0 Å². The number of nitrogens with zero attached hydrogens (tertiary/aromatic N) is 2. The molecule has 0 aliphatic carbocycles. The fourth-order valence-corrected chi connectivity index (χ4v) is 1.73. The third kappa shape index (κ3) is 3.71. The molecular formula is C8H14N4OS. The Labute approximate surface area is 86.6 Å². The van der Waals surface area contributed by atoms with Crippen LogP contribution in [-0.2, 0) is 6.54 Å². The Bertz CT molecular complexity index is 310. The summed E-state index contributed by atoms with van der Waals surface area (Å²) in [5, 5.41) is 15.4. The second-order valence-corrected chi connectivity index (χ2v) is 4.18. The van der Waals surface area contributed by atoms with Gasteiger partial charge < -0.3 is 16.3 Å². The Morgan fingerprint density at radius 3 is 3.14 bits per heavy atom. The molecule has 5 nitrogen and oxygen atoms in total. The highest BCUT2D eigenvalue weighted by molar-refractivity contribution is 7.11. The number of nitrogens with two attached hydrogens (primary N) is 1. The lowest BCUT2D eigenvalue weighted by Gasteiger charge is -2.00. The molecule has 0 aliphatic rings. The molecular weight excluding hydrogens is 200 g/mol. The second kappa shape index (κ2) is 5.56. The number of amidine groups is 1. The van der Waals surface area contributed by atoms with Crippen LogP contribution in [0.25, 0.3) is 0 Å². The molecule has 78 valence electrons. The van der Waals surface area contributed by atoms with E-state index in [-0.39, 0.29) is 5.84 Å². The zero-order valence-electron chi connectivity index (χ0n) is 8.03. The summed E-state index contributed by atoms with van der Waals surface area (Å²) in [7, 11) is 0. The maximum Gasteiger partial charge on any atom is 0.140 e. The van der Waals surface area contributed by atoms with Crippen molar-refractivity contribution >= 4 is 17.2 Å². The van der Waals surface area contributed by atoms with Crippen LogP contribution in [0.5, 0.6) is 0 Å². The lowest BCUT2D eigenvalue weighted by molar-refractivity contribution is 0.316. The largest absolute Gasteiger partial charge is 0.409 e. The molecule has 0 aliphatic heterocycles. The zero-order valence-corrected chi connectivity index (χ0v) is 8.84. The first-order valence-electron chi connectivity index (χ1n) is 4.31. The van der Waals surface area contributed by atoms with Gasteiger partial charge in [0, 0.05) is 30.6 Å². The normalized spacial score (nSPS) is 11.9. The monoisotopic (exact) mass is 214 g/mol. The average molecular weight is 214 g/mol. The summed E-state index contributed by atoms with van der Waals surface area (Å²) >= 11 is 1.67. The van der Waals surface area contributed by atoms with Crippen molar-refractivity contribution in [3.63, 3.8) is 0 Å². The minimum atomic E-state index is 0.248. The van der Waals surface area contributed by atoms with Gasteiger partial charge in [-0.1, -0.05) is 5.16 Å². The van der Waals surface area contributed by atoms with Crippen molar-refractivity contribution in [3.05, 3.63) is 16.1 Å². The summed E-state index contributed by atoms with van der Waals surface area (Å²) < 4.78 is 0. The van der Waals surface area contributed by atoms with Gasteiger partial charge in [0.2, 0.25) is 0 Å². The summed E-state index contributed by atoms with van der Waals surface area (Å²) in [5.74, 6) is 0.248. The molecule has 0 saturated carbocycles. The highest BCUT2D eigenvalue weighted by Gasteiger charge is 1.97. The molecule has 0 bridgehead atoms. The third-order valence-corrected chi connectivity index (χ3v) is 2.57. The first-order valence-corrected chi connectivity index (χ1v) is 5.12. The van der Waals surface area contributed by atoms with Crippen molar-refractivity contribution in [2.75, 3.05) is 6.54 Å². The predicted octanol–water partition coefficient (Wildman–Crippen LogP) is 0.678. The highest BCUT2D eigenvalue weighted by atomic mass is 32.1. The van der Waals surface area contributed by atoms with E-state index < -0.39 is 0 Å². The number of aryl methyl sites for hydroxylation is 1. The lowest BCUT2D eigenvalue weighted by Crippen LogP contribution is -2.21. The van der Waals surface area contributed by atoms with Crippen molar-refractivity contribution in [2.45, 2.75) is 19.9 Å². The van der Waals surface area contributed by atoms with Crippen LogP contribution in [-0.4, -0.2) is 22.6 Å². The van der Waals surface area contributed by atoms with Gasteiger partial charge in [-0.3, -0.25) is 0 Å². The molecule has 0 amide bonds. The maximum absolute atomic E-state index is 8.28. The number of hydrogen-bond acceptors (Lipinski definition) is 5. The fraction of sp³-hybridized carbons (Fsp3) is 0.500. The number of oxime groups is 1. The molecule has 0 atom stereocenters. The molecule has 1 heterocycles. The molecule has 4 N–H and O–H groups in total. The van der Waals surface area contributed by atoms with Crippen molar-refractivity contribution in [2.24, 2.45) is 10.9 Å². The Hall–Kier alpha value is -1.14. The van der Waals surface area contributed by atoms with E-state index in [0.29, 0.717) is 13.0 Å². The van der Waals surface area contributed by atoms with Gasteiger partial charge in [0.15, 0.2) is 0 Å². The first kappa shape index (κ1) is 10.9. The van der Waals surface area contributed by atoms with Gasteiger partial charge >= 0.3 is 0 Å². The second-order valence-electron chi connectivity index (χ2n) is 2.86. The van der Waals surface area contributed by atoms with Crippen molar-refractivity contribution in [1.82, 2.24) is 10.3 Å². The van der Waals surface area contributed by atoms with Crippen LogP contribution in [0.4, 0.5) is 0 Å². The molecule has 1 aromatic heterocycles. The van der Waals surface area contributed by atoms with E-state index in [1.54, 1.807) is 11.3 Å². The van der Waals surface area contributed by atoms with Gasteiger partial charge in [0.25, 0.3) is 0 Å². The van der Waals surface area contributed by atoms with E-state index in [4.69, 9.17) is 10.9 Å². The van der Waals surface area contributed by atoms with E-state index in [1.807, 2.05) is 13.1 Å². The van der Waals surface area contributed by atoms with Gasteiger partial charge in [-0.2, -0.15) is 0 Å². The number of hydrogen-bond donors (Lipinski definition) is 3. The van der Waals surface area contributed by atoms with Crippen LogP contribution in [0, 0.1) is 6.92 Å². The first-order chi connectivity index (χ1) is 6.72. The molecule has 0 radical (unpaired) electrons. The smallest absolute Gasteiger partial charge is 0.140 e. The van der Waals surface area contributed by atoms with Gasteiger partial charge in [-0.15, -0.1) is 11.3 Å². The molecule has 6 heteroatoms. The van der Waals surface area contributed by atoms with E-state index >= 15 is 0 Å². The minimum Gasteiger partial charge on any atom is -0.409 e. The summed E-state index contributed by atoms with van der Waals surface area (Å²) in [5.41, 5.74) is 5.31. The van der Waals surface area contributed by atoms with Gasteiger partial charge in [-0.25, -0.2) is 4.98 Å². The highest BCUT2D eigenvalue weighted by Crippen LogP contribution is 2.10. The number of nitrogens with one attached hydrogen (secondary N) is 1. The zero-order chi connectivity index (χ0) is 10.4. The Balaban J connectivity index is 2.16. The van der Waals surface area contributed by atoms with Gasteiger partial charge in [0.1, 0.15) is 5.84 Å². The topological polar surface area (TPSA) is 83.5 Å². The van der Waals surface area contributed by atoms with Crippen LogP contribution in [0.15, 0.2) is 11.4 Å². The quantitative estimate of drug-likeness (QED) is 0.221. The van der Waals surface area contributed by atoms with Gasteiger partial charge in [0.05, 0.1) is 5.01 Å². The Kier molecular flexibility index (Phi) is 4.34. The minimum absolute atomic E-state index is 0.248. The Morgan fingerprint density at radius 1 is 1.79 bits per heavy atom. The SMILES string of the molecule is Cc1ncc(CNCCC(N)=NO)s1. The number of thiazole rings is 1. The van der Waals surface area contributed by atoms with E-state index in [9.17, 15) is 0 Å². The summed E-state index contributed by atoms with van der Waals surface area (Å²) in [6, 6.07) is 0. The van der Waals surface area contributed by atoms with E-state index in [2.05, 4.69) is 15.5 Å².